The van der Waals surface area contributed by atoms with Crippen LogP contribution in [-0.4, -0.2) is 41.5 Å². The van der Waals surface area contributed by atoms with E-state index in [-0.39, 0.29) is 0 Å². The lowest BCUT2D eigenvalue weighted by Gasteiger charge is -2.20. The number of aromatic nitrogens is 1. The molecule has 0 aromatic carbocycles. The van der Waals surface area contributed by atoms with Gasteiger partial charge in [-0.1, -0.05) is 0 Å². The molecule has 104 valence electrons. The number of hydrogen-bond donors (Lipinski definition) is 2. The molecule has 0 bridgehead atoms. The van der Waals surface area contributed by atoms with Crippen molar-refractivity contribution < 1.29 is 4.79 Å². The summed E-state index contributed by atoms with van der Waals surface area (Å²) in [5, 5.41) is 3.37. The predicted octanol–water partition coefficient (Wildman–Crippen LogP) is 1.32. The van der Waals surface area contributed by atoms with E-state index >= 15 is 0 Å². The lowest BCUT2D eigenvalue weighted by molar-refractivity contribution is 0.0995. The van der Waals surface area contributed by atoms with E-state index in [9.17, 15) is 4.79 Å². The van der Waals surface area contributed by atoms with Gasteiger partial charge in [-0.15, -0.1) is 0 Å². The molecule has 2 rings (SSSR count). The van der Waals surface area contributed by atoms with Gasteiger partial charge in [-0.05, 0) is 44.9 Å². The maximum absolute atomic E-state index is 11.1. The molecular weight excluding hydrogens is 240 g/mol. The Hall–Kier alpha value is -1.62. The average molecular weight is 262 g/mol. The van der Waals surface area contributed by atoms with Gasteiger partial charge in [0.05, 0.1) is 0 Å². The van der Waals surface area contributed by atoms with Crippen LogP contribution in [0.1, 0.15) is 30.8 Å². The van der Waals surface area contributed by atoms with Gasteiger partial charge in [0.25, 0.3) is 5.91 Å². The van der Waals surface area contributed by atoms with E-state index in [1.165, 1.54) is 13.0 Å². The van der Waals surface area contributed by atoms with E-state index < -0.39 is 5.91 Å². The monoisotopic (exact) mass is 262 g/mol. The average Bonchev–Trinajstić information content (AvgIpc) is 2.85. The van der Waals surface area contributed by atoms with Crippen molar-refractivity contribution in [2.24, 2.45) is 11.7 Å². The largest absolute Gasteiger partial charge is 0.385 e. The number of nitrogens with one attached hydrogen (secondary N) is 1. The molecule has 5 heteroatoms. The zero-order valence-electron chi connectivity index (χ0n) is 11.6. The Kier molecular flexibility index (Phi) is 4.37. The SMILES string of the molecule is CC(C)N1CCC(CNc2ccnc(C(N)=O)c2)C1. The minimum absolute atomic E-state index is 0.306. The van der Waals surface area contributed by atoms with E-state index in [1.807, 2.05) is 6.07 Å². The van der Waals surface area contributed by atoms with E-state index in [0.29, 0.717) is 17.7 Å². The third-order valence-corrected chi connectivity index (χ3v) is 3.65. The second-order valence-electron chi connectivity index (χ2n) is 5.42. The van der Waals surface area contributed by atoms with Crippen molar-refractivity contribution in [2.75, 3.05) is 25.0 Å². The Morgan fingerprint density at radius 2 is 2.42 bits per heavy atom. The molecule has 0 spiro atoms. The Morgan fingerprint density at radius 1 is 1.63 bits per heavy atom. The Bertz CT molecular complexity index is 447. The van der Waals surface area contributed by atoms with Crippen LogP contribution in [0.2, 0.25) is 0 Å². The van der Waals surface area contributed by atoms with Gasteiger partial charge in [0.1, 0.15) is 5.69 Å². The predicted molar refractivity (Wildman–Crippen MR) is 76.1 cm³/mol. The fourth-order valence-corrected chi connectivity index (χ4v) is 2.44. The van der Waals surface area contributed by atoms with E-state index in [4.69, 9.17) is 5.73 Å². The molecule has 1 aliphatic heterocycles. The van der Waals surface area contributed by atoms with Gasteiger partial charge in [0.2, 0.25) is 0 Å². The lowest BCUT2D eigenvalue weighted by atomic mass is 10.1. The van der Waals surface area contributed by atoms with Crippen LogP contribution >= 0.6 is 0 Å². The van der Waals surface area contributed by atoms with E-state index in [2.05, 4.69) is 29.0 Å². The summed E-state index contributed by atoms with van der Waals surface area (Å²) in [5.74, 6) is 0.170. The number of anilines is 1. The Balaban J connectivity index is 1.86. The van der Waals surface area contributed by atoms with Crippen LogP contribution in [0.5, 0.6) is 0 Å². The fourth-order valence-electron chi connectivity index (χ4n) is 2.44. The van der Waals surface area contributed by atoms with Crippen molar-refractivity contribution >= 4 is 11.6 Å². The van der Waals surface area contributed by atoms with Crippen LogP contribution in [0.4, 0.5) is 5.69 Å². The molecule has 1 unspecified atom stereocenters. The zero-order valence-corrected chi connectivity index (χ0v) is 11.6. The summed E-state index contributed by atoms with van der Waals surface area (Å²) in [4.78, 5) is 17.5. The van der Waals surface area contributed by atoms with Crippen molar-refractivity contribution in [1.82, 2.24) is 9.88 Å². The number of amides is 1. The quantitative estimate of drug-likeness (QED) is 0.839. The van der Waals surface area contributed by atoms with Crippen molar-refractivity contribution in [2.45, 2.75) is 26.3 Å². The molecule has 1 fully saturated rings. The van der Waals surface area contributed by atoms with Crippen LogP contribution in [0.25, 0.3) is 0 Å². The summed E-state index contributed by atoms with van der Waals surface area (Å²) < 4.78 is 0. The fraction of sp³-hybridized carbons (Fsp3) is 0.571. The molecule has 1 saturated heterocycles. The van der Waals surface area contributed by atoms with Gasteiger partial charge < -0.3 is 16.0 Å². The van der Waals surface area contributed by atoms with Gasteiger partial charge in [0.15, 0.2) is 0 Å². The number of pyridine rings is 1. The Morgan fingerprint density at radius 3 is 3.05 bits per heavy atom. The maximum atomic E-state index is 11.1. The van der Waals surface area contributed by atoms with Crippen molar-refractivity contribution in [1.29, 1.82) is 0 Å². The molecule has 1 aliphatic rings. The van der Waals surface area contributed by atoms with E-state index in [1.54, 1.807) is 12.3 Å². The number of hydrogen-bond acceptors (Lipinski definition) is 4. The second kappa shape index (κ2) is 6.02. The van der Waals surface area contributed by atoms with Crippen LogP contribution in [-0.2, 0) is 0 Å². The van der Waals surface area contributed by atoms with Gasteiger partial charge in [0, 0.05) is 31.0 Å². The van der Waals surface area contributed by atoms with Crippen LogP contribution in [0.3, 0.4) is 0 Å². The number of nitrogens with zero attached hydrogens (tertiary/aromatic N) is 2. The number of nitrogens with two attached hydrogens (primary N) is 1. The molecular formula is C14H22N4O. The molecule has 1 atom stereocenters. The molecule has 1 aromatic heterocycles. The second-order valence-corrected chi connectivity index (χ2v) is 5.42. The highest BCUT2D eigenvalue weighted by Crippen LogP contribution is 2.19. The van der Waals surface area contributed by atoms with Crippen LogP contribution in [0, 0.1) is 5.92 Å². The van der Waals surface area contributed by atoms with Crippen LogP contribution < -0.4 is 11.1 Å². The Labute approximate surface area is 114 Å². The van der Waals surface area contributed by atoms with Gasteiger partial charge >= 0.3 is 0 Å². The molecule has 0 radical (unpaired) electrons. The summed E-state index contributed by atoms with van der Waals surface area (Å²) in [6, 6.07) is 4.19. The first-order valence-corrected chi connectivity index (χ1v) is 6.80. The number of likely N-dealkylation sites (tertiary alicyclic amines) is 1. The standard InChI is InChI=1S/C14H22N4O/c1-10(2)18-6-4-11(9-18)8-17-12-3-5-16-13(7-12)14(15)19/h3,5,7,10-11H,4,6,8-9H2,1-2H3,(H2,15,19)(H,16,17). The summed E-state index contributed by atoms with van der Waals surface area (Å²) in [6.45, 7) is 7.70. The highest BCUT2D eigenvalue weighted by molar-refractivity contribution is 5.91. The molecule has 19 heavy (non-hydrogen) atoms. The molecule has 5 nitrogen and oxygen atoms in total. The number of rotatable bonds is 5. The summed E-state index contributed by atoms with van der Waals surface area (Å²) in [5.41, 5.74) is 6.43. The first-order chi connectivity index (χ1) is 9.06. The minimum Gasteiger partial charge on any atom is -0.385 e. The van der Waals surface area contributed by atoms with Crippen molar-refractivity contribution in [3.05, 3.63) is 24.0 Å². The molecule has 0 aliphatic carbocycles. The summed E-state index contributed by atoms with van der Waals surface area (Å²) in [7, 11) is 0. The van der Waals surface area contributed by atoms with Crippen molar-refractivity contribution in [3.63, 3.8) is 0 Å². The van der Waals surface area contributed by atoms with E-state index in [0.717, 1.165) is 18.8 Å². The highest BCUT2D eigenvalue weighted by atomic mass is 16.1. The smallest absolute Gasteiger partial charge is 0.267 e. The maximum Gasteiger partial charge on any atom is 0.267 e. The molecule has 1 aromatic rings. The minimum atomic E-state index is -0.490. The number of carbonyl (C=O) groups is 1. The third-order valence-electron chi connectivity index (χ3n) is 3.65. The molecule has 3 N–H and O–H groups in total. The number of carbonyl (C=O) groups excluding carboxylic acids is 1. The molecule has 2 heterocycles. The van der Waals surface area contributed by atoms with Gasteiger partial charge in [-0.2, -0.15) is 0 Å². The zero-order chi connectivity index (χ0) is 13.8. The number of primary amides is 1. The third kappa shape index (κ3) is 3.67. The normalized spacial score (nSPS) is 19.8. The van der Waals surface area contributed by atoms with Gasteiger partial charge in [-0.3, -0.25) is 9.78 Å². The van der Waals surface area contributed by atoms with Gasteiger partial charge in [-0.25, -0.2) is 0 Å². The summed E-state index contributed by atoms with van der Waals surface area (Å²) in [6.07, 6.45) is 2.83. The first kappa shape index (κ1) is 13.8. The highest BCUT2D eigenvalue weighted by Gasteiger charge is 2.23. The van der Waals surface area contributed by atoms with Crippen molar-refractivity contribution in [3.8, 4) is 0 Å². The molecule has 1 amide bonds. The summed E-state index contributed by atoms with van der Waals surface area (Å²) >= 11 is 0. The first-order valence-electron chi connectivity index (χ1n) is 6.80. The van der Waals surface area contributed by atoms with Crippen LogP contribution in [0.15, 0.2) is 18.3 Å². The topological polar surface area (TPSA) is 71.2 Å². The molecule has 0 saturated carbocycles. The lowest BCUT2D eigenvalue weighted by Crippen LogP contribution is -2.29.